The van der Waals surface area contributed by atoms with E-state index in [1.54, 1.807) is 20.4 Å². The van der Waals surface area contributed by atoms with Crippen molar-refractivity contribution in [2.45, 2.75) is 6.54 Å². The van der Waals surface area contributed by atoms with Crippen LogP contribution in [0.15, 0.2) is 6.33 Å². The second-order valence-electron chi connectivity index (χ2n) is 2.50. The zero-order valence-electron chi connectivity index (χ0n) is 6.86. The SMILES string of the molecule is CN(C)C(=O)Cn1cnc(I)n1. The van der Waals surface area contributed by atoms with Crippen molar-refractivity contribution in [2.24, 2.45) is 0 Å². The van der Waals surface area contributed by atoms with Crippen molar-refractivity contribution in [1.82, 2.24) is 19.7 Å². The maximum absolute atomic E-state index is 11.2. The number of aromatic nitrogens is 3. The number of likely N-dealkylation sites (N-methyl/N-ethyl adjacent to an activating group) is 1. The summed E-state index contributed by atoms with van der Waals surface area (Å²) in [4.78, 5) is 16.6. The molecule has 1 amide bonds. The zero-order valence-corrected chi connectivity index (χ0v) is 9.02. The molecule has 0 N–H and O–H groups in total. The van der Waals surface area contributed by atoms with Gasteiger partial charge in [0.05, 0.1) is 0 Å². The monoisotopic (exact) mass is 280 g/mol. The molecule has 0 aliphatic carbocycles. The fraction of sp³-hybridized carbons (Fsp3) is 0.500. The van der Waals surface area contributed by atoms with E-state index in [0.29, 0.717) is 3.83 Å². The van der Waals surface area contributed by atoms with E-state index in [0.717, 1.165) is 0 Å². The third-order valence-corrected chi connectivity index (χ3v) is 1.80. The number of amides is 1. The fourth-order valence-corrected chi connectivity index (χ4v) is 1.03. The molecule has 12 heavy (non-hydrogen) atoms. The molecular weight excluding hydrogens is 271 g/mol. The summed E-state index contributed by atoms with van der Waals surface area (Å²) in [6.07, 6.45) is 1.54. The minimum atomic E-state index is 0.0105. The average Bonchev–Trinajstić information content (AvgIpc) is 2.35. The molecule has 0 saturated heterocycles. The molecule has 0 aliphatic rings. The third-order valence-electron chi connectivity index (χ3n) is 1.30. The summed E-state index contributed by atoms with van der Waals surface area (Å²) in [6, 6.07) is 0. The van der Waals surface area contributed by atoms with Crippen LogP contribution in [0.25, 0.3) is 0 Å². The zero-order chi connectivity index (χ0) is 9.14. The quantitative estimate of drug-likeness (QED) is 0.715. The Kier molecular flexibility index (Phi) is 3.01. The lowest BCUT2D eigenvalue weighted by atomic mass is 10.5. The highest BCUT2D eigenvalue weighted by Crippen LogP contribution is 1.94. The summed E-state index contributed by atoms with van der Waals surface area (Å²) in [7, 11) is 3.43. The smallest absolute Gasteiger partial charge is 0.243 e. The number of hydrogen-bond donors (Lipinski definition) is 0. The molecule has 0 unspecified atom stereocenters. The van der Waals surface area contributed by atoms with Gasteiger partial charge in [-0.25, -0.2) is 9.67 Å². The van der Waals surface area contributed by atoms with Gasteiger partial charge in [0.1, 0.15) is 12.9 Å². The van der Waals surface area contributed by atoms with Crippen LogP contribution in [0.1, 0.15) is 0 Å². The predicted octanol–water partition coefficient (Wildman–Crippen LogP) is -0.0291. The lowest BCUT2D eigenvalue weighted by molar-refractivity contribution is -0.129. The van der Waals surface area contributed by atoms with Gasteiger partial charge in [-0.1, -0.05) is 0 Å². The van der Waals surface area contributed by atoms with E-state index in [4.69, 9.17) is 0 Å². The largest absolute Gasteiger partial charge is 0.347 e. The van der Waals surface area contributed by atoms with Gasteiger partial charge < -0.3 is 4.90 Å². The van der Waals surface area contributed by atoms with E-state index < -0.39 is 0 Å². The number of carbonyl (C=O) groups is 1. The Morgan fingerprint density at radius 2 is 2.42 bits per heavy atom. The molecule has 0 saturated carbocycles. The summed E-state index contributed by atoms with van der Waals surface area (Å²) in [5.41, 5.74) is 0. The summed E-state index contributed by atoms with van der Waals surface area (Å²) >= 11 is 2.00. The lowest BCUT2D eigenvalue weighted by Crippen LogP contribution is -2.26. The van der Waals surface area contributed by atoms with Gasteiger partial charge in [-0.3, -0.25) is 4.79 Å². The minimum absolute atomic E-state index is 0.0105. The molecule has 1 aromatic heterocycles. The average molecular weight is 280 g/mol. The van der Waals surface area contributed by atoms with E-state index >= 15 is 0 Å². The predicted molar refractivity (Wildman–Crippen MR) is 51.4 cm³/mol. The Hall–Kier alpha value is -0.660. The van der Waals surface area contributed by atoms with Gasteiger partial charge in [-0.15, -0.1) is 5.10 Å². The molecule has 1 rings (SSSR count). The first-order valence-electron chi connectivity index (χ1n) is 3.34. The van der Waals surface area contributed by atoms with Crippen LogP contribution < -0.4 is 0 Å². The molecule has 5 nitrogen and oxygen atoms in total. The van der Waals surface area contributed by atoms with Gasteiger partial charge in [0.25, 0.3) is 0 Å². The molecule has 0 bridgehead atoms. The molecule has 0 atom stereocenters. The van der Waals surface area contributed by atoms with Gasteiger partial charge in [-0.2, -0.15) is 0 Å². The second-order valence-corrected chi connectivity index (χ2v) is 3.46. The van der Waals surface area contributed by atoms with Gasteiger partial charge in [0.2, 0.25) is 9.74 Å². The van der Waals surface area contributed by atoms with Crippen molar-refractivity contribution in [3.05, 3.63) is 10.2 Å². The van der Waals surface area contributed by atoms with E-state index in [1.807, 2.05) is 22.6 Å². The van der Waals surface area contributed by atoms with Crippen LogP contribution >= 0.6 is 22.6 Å². The Balaban J connectivity index is 2.58. The molecule has 0 aliphatic heterocycles. The molecule has 1 heterocycles. The molecule has 1 aromatic rings. The maximum Gasteiger partial charge on any atom is 0.243 e. The van der Waals surface area contributed by atoms with Crippen LogP contribution in [0.2, 0.25) is 0 Å². The number of hydrogen-bond acceptors (Lipinski definition) is 3. The highest BCUT2D eigenvalue weighted by Gasteiger charge is 2.05. The van der Waals surface area contributed by atoms with Crippen molar-refractivity contribution in [2.75, 3.05) is 14.1 Å². The topological polar surface area (TPSA) is 51.0 Å². The molecule has 0 aromatic carbocycles. The van der Waals surface area contributed by atoms with Crippen LogP contribution in [-0.4, -0.2) is 39.7 Å². The molecule has 0 radical (unpaired) electrons. The van der Waals surface area contributed by atoms with Crippen molar-refractivity contribution in [3.63, 3.8) is 0 Å². The molecular formula is C6H9IN4O. The standard InChI is InChI=1S/C6H9IN4O/c1-10(2)5(12)3-11-4-8-6(7)9-11/h4H,3H2,1-2H3. The van der Waals surface area contributed by atoms with E-state index in [-0.39, 0.29) is 12.5 Å². The van der Waals surface area contributed by atoms with Gasteiger partial charge in [0.15, 0.2) is 0 Å². The van der Waals surface area contributed by atoms with Crippen LogP contribution in [-0.2, 0) is 11.3 Å². The summed E-state index contributed by atoms with van der Waals surface area (Å²) in [5, 5.41) is 3.98. The summed E-state index contributed by atoms with van der Waals surface area (Å²) in [6.45, 7) is 0.253. The van der Waals surface area contributed by atoms with E-state index in [1.165, 1.54) is 9.58 Å². The second kappa shape index (κ2) is 3.83. The number of nitrogens with zero attached hydrogens (tertiary/aromatic N) is 4. The summed E-state index contributed by atoms with van der Waals surface area (Å²) in [5.74, 6) is 0.0105. The Morgan fingerprint density at radius 1 is 1.75 bits per heavy atom. The first-order chi connectivity index (χ1) is 5.59. The van der Waals surface area contributed by atoms with Crippen molar-refractivity contribution in [1.29, 1.82) is 0 Å². The molecule has 0 fully saturated rings. The molecule has 66 valence electrons. The highest BCUT2D eigenvalue weighted by atomic mass is 127. The first kappa shape index (κ1) is 9.43. The van der Waals surface area contributed by atoms with Crippen molar-refractivity contribution >= 4 is 28.5 Å². The molecule has 0 spiro atoms. The van der Waals surface area contributed by atoms with Crippen LogP contribution in [0.5, 0.6) is 0 Å². The number of halogens is 1. The van der Waals surface area contributed by atoms with E-state index in [9.17, 15) is 4.79 Å². The van der Waals surface area contributed by atoms with Crippen molar-refractivity contribution < 1.29 is 4.79 Å². The van der Waals surface area contributed by atoms with Crippen LogP contribution in [0.4, 0.5) is 0 Å². The summed E-state index contributed by atoms with van der Waals surface area (Å²) < 4.78 is 2.17. The fourth-order valence-electron chi connectivity index (χ4n) is 0.628. The highest BCUT2D eigenvalue weighted by molar-refractivity contribution is 14.1. The maximum atomic E-state index is 11.2. The Bertz CT molecular complexity index is 283. The van der Waals surface area contributed by atoms with E-state index in [2.05, 4.69) is 10.1 Å². The van der Waals surface area contributed by atoms with Gasteiger partial charge in [0, 0.05) is 36.7 Å². The number of rotatable bonds is 2. The Morgan fingerprint density at radius 3 is 2.83 bits per heavy atom. The first-order valence-corrected chi connectivity index (χ1v) is 4.42. The lowest BCUT2D eigenvalue weighted by Gasteiger charge is -2.08. The van der Waals surface area contributed by atoms with Crippen molar-refractivity contribution in [3.8, 4) is 0 Å². The van der Waals surface area contributed by atoms with Gasteiger partial charge in [-0.05, 0) is 0 Å². The normalized spacial score (nSPS) is 9.92. The van der Waals surface area contributed by atoms with Crippen LogP contribution in [0.3, 0.4) is 0 Å². The number of carbonyl (C=O) groups excluding carboxylic acids is 1. The third kappa shape index (κ3) is 2.43. The molecule has 6 heteroatoms. The van der Waals surface area contributed by atoms with Gasteiger partial charge >= 0.3 is 0 Å². The minimum Gasteiger partial charge on any atom is -0.347 e. The Labute approximate surface area is 83.9 Å². The van der Waals surface area contributed by atoms with Crippen LogP contribution in [0, 0.1) is 3.83 Å².